The van der Waals surface area contributed by atoms with Gasteiger partial charge in [-0.2, -0.15) is 0 Å². The van der Waals surface area contributed by atoms with Gasteiger partial charge >= 0.3 is 29.6 Å². The molecule has 1 fully saturated rings. The molecule has 4 unspecified atom stereocenters. The van der Waals surface area contributed by atoms with E-state index in [1.165, 1.54) is 7.11 Å². The van der Waals surface area contributed by atoms with Crippen LogP contribution in [0.4, 0.5) is 0 Å². The standard InChI is InChI=1S/C7H12O7.Na/c1-13-7-4(10)2(8)3(9)5(14-7)6(11)12;/h2-5,7-10H,1H3,(H,11,12);/q;+1/p-1/t2-,3?,4?,5?,7?;/m0./s1. The van der Waals surface area contributed by atoms with Gasteiger partial charge in [0.1, 0.15) is 24.4 Å². The second-order valence-electron chi connectivity index (χ2n) is 2.95. The van der Waals surface area contributed by atoms with E-state index in [-0.39, 0.29) is 29.6 Å². The van der Waals surface area contributed by atoms with Gasteiger partial charge in [0.2, 0.25) is 0 Å². The first-order valence-corrected chi connectivity index (χ1v) is 3.92. The van der Waals surface area contributed by atoms with E-state index in [0.717, 1.165) is 0 Å². The van der Waals surface area contributed by atoms with Crippen molar-refractivity contribution in [2.45, 2.75) is 30.7 Å². The summed E-state index contributed by atoms with van der Waals surface area (Å²) in [6.07, 6.45) is -7.88. The number of aliphatic carboxylic acids is 1. The van der Waals surface area contributed by atoms with Gasteiger partial charge in [-0.15, -0.1) is 0 Å². The second-order valence-corrected chi connectivity index (χ2v) is 2.95. The van der Waals surface area contributed by atoms with Crippen molar-refractivity contribution in [2.75, 3.05) is 7.11 Å². The van der Waals surface area contributed by atoms with Gasteiger partial charge in [-0.25, -0.2) is 0 Å². The fraction of sp³-hybridized carbons (Fsp3) is 0.857. The summed E-state index contributed by atoms with van der Waals surface area (Å²) in [7, 11) is 1.17. The molecule has 1 rings (SSSR count). The van der Waals surface area contributed by atoms with Crippen molar-refractivity contribution in [2.24, 2.45) is 0 Å². The summed E-state index contributed by atoms with van der Waals surface area (Å²) in [5.74, 6) is -1.68. The summed E-state index contributed by atoms with van der Waals surface area (Å²) < 4.78 is 9.22. The van der Waals surface area contributed by atoms with Gasteiger partial charge in [0.05, 0.1) is 5.97 Å². The van der Waals surface area contributed by atoms with Crippen molar-refractivity contribution >= 4 is 5.97 Å². The Bertz CT molecular complexity index is 221. The Morgan fingerprint density at radius 2 is 1.80 bits per heavy atom. The molecule has 1 heterocycles. The summed E-state index contributed by atoms with van der Waals surface area (Å²) >= 11 is 0. The van der Waals surface area contributed by atoms with E-state index in [1.54, 1.807) is 0 Å². The predicted molar refractivity (Wildman–Crippen MR) is 38.7 cm³/mol. The number of carbonyl (C=O) groups excluding carboxylic acids is 1. The number of carbonyl (C=O) groups is 1. The monoisotopic (exact) mass is 230 g/mol. The Balaban J connectivity index is 0.00000196. The third kappa shape index (κ3) is 3.11. The molecule has 0 amide bonds. The maximum absolute atomic E-state index is 10.4. The number of ether oxygens (including phenoxy) is 2. The topological polar surface area (TPSA) is 119 Å². The predicted octanol–water partition coefficient (Wildman–Crippen LogP) is -6.81. The molecule has 1 aliphatic heterocycles. The molecular weight excluding hydrogens is 219 g/mol. The van der Waals surface area contributed by atoms with Gasteiger partial charge in [0.15, 0.2) is 6.29 Å². The number of carboxylic acid groups (broad SMARTS) is 1. The molecule has 0 saturated carbocycles. The van der Waals surface area contributed by atoms with Crippen LogP contribution in [0, 0.1) is 0 Å². The molecule has 0 bridgehead atoms. The van der Waals surface area contributed by atoms with E-state index >= 15 is 0 Å². The van der Waals surface area contributed by atoms with Gasteiger partial charge in [-0.1, -0.05) is 0 Å². The second kappa shape index (κ2) is 6.12. The Hall–Kier alpha value is 0.270. The van der Waals surface area contributed by atoms with Gasteiger partial charge in [0, 0.05) is 7.11 Å². The van der Waals surface area contributed by atoms with Crippen LogP contribution < -0.4 is 34.7 Å². The smallest absolute Gasteiger partial charge is 0.547 e. The summed E-state index contributed by atoms with van der Waals surface area (Å²) in [4.78, 5) is 10.4. The Kier molecular flexibility index (Phi) is 6.23. The number of aliphatic hydroxyl groups is 3. The van der Waals surface area contributed by atoms with E-state index in [1.807, 2.05) is 0 Å². The Labute approximate surface area is 108 Å². The fourth-order valence-electron chi connectivity index (χ4n) is 1.24. The number of hydrogen-bond acceptors (Lipinski definition) is 7. The molecule has 7 nitrogen and oxygen atoms in total. The first-order chi connectivity index (χ1) is 6.49. The van der Waals surface area contributed by atoms with Gasteiger partial charge < -0.3 is 34.7 Å². The molecule has 0 aromatic heterocycles. The third-order valence-electron chi connectivity index (χ3n) is 2.03. The van der Waals surface area contributed by atoms with E-state index in [0.29, 0.717) is 0 Å². The van der Waals surface area contributed by atoms with Crippen LogP contribution in [0.15, 0.2) is 0 Å². The van der Waals surface area contributed by atoms with Crippen LogP contribution in [-0.2, 0) is 14.3 Å². The molecule has 0 aromatic carbocycles. The average molecular weight is 230 g/mol. The molecule has 0 spiro atoms. The van der Waals surface area contributed by atoms with Crippen LogP contribution in [0.25, 0.3) is 0 Å². The summed E-state index contributed by atoms with van der Waals surface area (Å²) in [6, 6.07) is 0. The van der Waals surface area contributed by atoms with Crippen molar-refractivity contribution < 1.29 is 64.3 Å². The van der Waals surface area contributed by atoms with Crippen LogP contribution in [0.3, 0.4) is 0 Å². The number of carboxylic acids is 1. The zero-order chi connectivity index (χ0) is 10.9. The molecule has 15 heavy (non-hydrogen) atoms. The molecule has 0 radical (unpaired) electrons. The quantitative estimate of drug-likeness (QED) is 0.403. The van der Waals surface area contributed by atoms with Crippen molar-refractivity contribution in [1.29, 1.82) is 0 Å². The van der Waals surface area contributed by atoms with Crippen LogP contribution >= 0.6 is 0 Å². The van der Waals surface area contributed by atoms with Gasteiger partial charge in [-0.3, -0.25) is 0 Å². The molecule has 5 atom stereocenters. The minimum atomic E-state index is -1.73. The summed E-state index contributed by atoms with van der Waals surface area (Å²) in [5, 5.41) is 38.1. The van der Waals surface area contributed by atoms with Crippen molar-refractivity contribution in [1.82, 2.24) is 0 Å². The molecule has 1 aliphatic rings. The first kappa shape index (κ1) is 15.3. The zero-order valence-electron chi connectivity index (χ0n) is 8.36. The normalized spacial score (nSPS) is 40.7. The first-order valence-electron chi connectivity index (χ1n) is 3.92. The van der Waals surface area contributed by atoms with E-state index < -0.39 is 36.7 Å². The van der Waals surface area contributed by atoms with Crippen molar-refractivity contribution in [3.8, 4) is 0 Å². The number of hydrogen-bond donors (Lipinski definition) is 3. The molecule has 1 saturated heterocycles. The minimum absolute atomic E-state index is 0. The van der Waals surface area contributed by atoms with Crippen LogP contribution in [-0.4, -0.2) is 59.1 Å². The number of rotatable bonds is 2. The maximum Gasteiger partial charge on any atom is 1.00 e. The van der Waals surface area contributed by atoms with E-state index in [9.17, 15) is 25.2 Å². The van der Waals surface area contributed by atoms with Crippen LogP contribution in [0.2, 0.25) is 0 Å². The average Bonchev–Trinajstić information content (AvgIpc) is 2.14. The molecule has 82 valence electrons. The minimum Gasteiger partial charge on any atom is -0.547 e. The van der Waals surface area contributed by atoms with Crippen molar-refractivity contribution in [3.05, 3.63) is 0 Å². The van der Waals surface area contributed by atoms with Crippen LogP contribution in [0.5, 0.6) is 0 Å². The number of aliphatic hydroxyl groups excluding tert-OH is 3. The summed E-state index contributed by atoms with van der Waals surface area (Å²) in [6.45, 7) is 0. The Morgan fingerprint density at radius 3 is 2.20 bits per heavy atom. The van der Waals surface area contributed by atoms with Gasteiger partial charge in [0.25, 0.3) is 0 Å². The van der Waals surface area contributed by atoms with Crippen molar-refractivity contribution in [3.63, 3.8) is 0 Å². The zero-order valence-corrected chi connectivity index (χ0v) is 10.4. The fourth-order valence-corrected chi connectivity index (χ4v) is 1.24. The molecular formula is C7H11NaO7. The van der Waals surface area contributed by atoms with Gasteiger partial charge in [-0.05, 0) is 0 Å². The third-order valence-corrected chi connectivity index (χ3v) is 2.03. The SMILES string of the molecule is COC1OC(C(=O)[O-])C(O)[C@H](O)C1O.[Na+]. The summed E-state index contributed by atoms with van der Waals surface area (Å²) in [5.41, 5.74) is 0. The van der Waals surface area contributed by atoms with E-state index in [2.05, 4.69) is 9.47 Å². The largest absolute Gasteiger partial charge is 1.00 e. The Morgan fingerprint density at radius 1 is 1.27 bits per heavy atom. The van der Waals surface area contributed by atoms with Crippen LogP contribution in [0.1, 0.15) is 0 Å². The van der Waals surface area contributed by atoms with E-state index in [4.69, 9.17) is 0 Å². The molecule has 0 aliphatic carbocycles. The number of methoxy groups -OCH3 is 1. The molecule has 8 heteroatoms. The molecule has 0 aromatic rings. The maximum atomic E-state index is 10.4. The molecule has 3 N–H and O–H groups in total.